The molecule has 5 heteroatoms. The van der Waals surface area contributed by atoms with Gasteiger partial charge in [-0.3, -0.25) is 0 Å². The van der Waals surface area contributed by atoms with Crippen LogP contribution in [0.25, 0.3) is 0 Å². The van der Waals surface area contributed by atoms with Crippen molar-refractivity contribution in [2.45, 2.75) is 12.6 Å². The molecular formula is C11H13ClN2O2. The van der Waals surface area contributed by atoms with E-state index in [4.69, 9.17) is 5.11 Å². The Morgan fingerprint density at radius 3 is 2.50 bits per heavy atom. The van der Waals surface area contributed by atoms with Gasteiger partial charge < -0.3 is 14.8 Å². The summed E-state index contributed by atoms with van der Waals surface area (Å²) in [5, 5.41) is 18.9. The maximum Gasteiger partial charge on any atom is 0.135 e. The highest BCUT2D eigenvalue weighted by atomic mass is 35.5. The summed E-state index contributed by atoms with van der Waals surface area (Å²) in [6.45, 7) is 0. The highest BCUT2D eigenvalue weighted by Crippen LogP contribution is 2.14. The van der Waals surface area contributed by atoms with Crippen LogP contribution in [0.2, 0.25) is 0 Å². The van der Waals surface area contributed by atoms with Crippen molar-refractivity contribution < 1.29 is 10.2 Å². The van der Waals surface area contributed by atoms with E-state index in [-0.39, 0.29) is 18.2 Å². The molecule has 1 unspecified atom stereocenters. The van der Waals surface area contributed by atoms with Crippen LogP contribution < -0.4 is 0 Å². The number of aliphatic hydroxyl groups excluding tert-OH is 1. The van der Waals surface area contributed by atoms with E-state index in [0.717, 1.165) is 5.56 Å². The SMILES string of the molecule is Cl.Oc1ccc(CC(O)n2ccnc2)cc1. The van der Waals surface area contributed by atoms with Crippen LogP contribution in [0.5, 0.6) is 5.75 Å². The second kappa shape index (κ2) is 5.53. The average molecular weight is 241 g/mol. The van der Waals surface area contributed by atoms with E-state index in [2.05, 4.69) is 4.98 Å². The van der Waals surface area contributed by atoms with Gasteiger partial charge >= 0.3 is 0 Å². The van der Waals surface area contributed by atoms with Gasteiger partial charge in [-0.15, -0.1) is 12.4 Å². The fourth-order valence-electron chi connectivity index (χ4n) is 1.39. The van der Waals surface area contributed by atoms with Gasteiger partial charge in [0.2, 0.25) is 0 Å². The molecule has 0 aliphatic carbocycles. The molecule has 0 saturated heterocycles. The van der Waals surface area contributed by atoms with Gasteiger partial charge in [0.25, 0.3) is 0 Å². The molecule has 0 aliphatic rings. The molecule has 1 heterocycles. The summed E-state index contributed by atoms with van der Waals surface area (Å²) < 4.78 is 1.63. The third-order valence-electron chi connectivity index (χ3n) is 2.22. The molecule has 2 rings (SSSR count). The zero-order chi connectivity index (χ0) is 10.7. The zero-order valence-electron chi connectivity index (χ0n) is 8.52. The first kappa shape index (κ1) is 12.5. The van der Waals surface area contributed by atoms with Gasteiger partial charge in [0.15, 0.2) is 0 Å². The fraction of sp³-hybridized carbons (Fsp3) is 0.182. The van der Waals surface area contributed by atoms with Gasteiger partial charge in [0.1, 0.15) is 12.0 Å². The van der Waals surface area contributed by atoms with E-state index < -0.39 is 6.23 Å². The number of imidazole rings is 1. The van der Waals surface area contributed by atoms with E-state index >= 15 is 0 Å². The standard InChI is InChI=1S/C11H12N2O2.ClH/c14-10-3-1-9(2-4-10)7-11(15)13-6-5-12-8-13;/h1-6,8,11,14-15H,7H2;1H. The summed E-state index contributed by atoms with van der Waals surface area (Å²) in [6.07, 6.45) is 4.80. The van der Waals surface area contributed by atoms with Crippen LogP contribution in [-0.4, -0.2) is 19.8 Å². The fourth-order valence-corrected chi connectivity index (χ4v) is 1.39. The summed E-state index contributed by atoms with van der Waals surface area (Å²) in [4.78, 5) is 3.86. The summed E-state index contributed by atoms with van der Waals surface area (Å²) in [5.41, 5.74) is 0.967. The summed E-state index contributed by atoms with van der Waals surface area (Å²) in [6, 6.07) is 6.79. The smallest absolute Gasteiger partial charge is 0.135 e. The van der Waals surface area contributed by atoms with Crippen molar-refractivity contribution in [2.24, 2.45) is 0 Å². The molecule has 1 aromatic carbocycles. The summed E-state index contributed by atoms with van der Waals surface area (Å²) in [7, 11) is 0. The van der Waals surface area contributed by atoms with Crippen LogP contribution in [0, 0.1) is 0 Å². The Morgan fingerprint density at radius 1 is 1.25 bits per heavy atom. The van der Waals surface area contributed by atoms with E-state index in [1.165, 1.54) is 0 Å². The summed E-state index contributed by atoms with van der Waals surface area (Å²) >= 11 is 0. The van der Waals surface area contributed by atoms with Crippen LogP contribution in [0.1, 0.15) is 11.8 Å². The third kappa shape index (κ3) is 2.98. The van der Waals surface area contributed by atoms with Gasteiger partial charge in [-0.25, -0.2) is 4.98 Å². The largest absolute Gasteiger partial charge is 0.508 e. The van der Waals surface area contributed by atoms with Crippen LogP contribution in [-0.2, 0) is 6.42 Å². The number of phenolic OH excluding ortho intramolecular Hbond substituents is 1. The molecular weight excluding hydrogens is 228 g/mol. The van der Waals surface area contributed by atoms with Crippen LogP contribution in [0.3, 0.4) is 0 Å². The predicted octanol–water partition coefficient (Wildman–Crippen LogP) is 1.74. The van der Waals surface area contributed by atoms with E-state index in [1.54, 1.807) is 47.6 Å². The number of rotatable bonds is 3. The number of nitrogens with zero attached hydrogens (tertiary/aromatic N) is 2. The molecule has 2 N–H and O–H groups in total. The number of aliphatic hydroxyl groups is 1. The van der Waals surface area contributed by atoms with Crippen LogP contribution in [0.15, 0.2) is 43.0 Å². The van der Waals surface area contributed by atoms with Crippen LogP contribution in [0.4, 0.5) is 0 Å². The topological polar surface area (TPSA) is 58.3 Å². The normalized spacial score (nSPS) is 11.8. The Bertz CT molecular complexity index is 414. The Balaban J connectivity index is 0.00000128. The van der Waals surface area contributed by atoms with Gasteiger partial charge in [0, 0.05) is 18.8 Å². The number of aromatic nitrogens is 2. The van der Waals surface area contributed by atoms with E-state index in [9.17, 15) is 5.11 Å². The minimum atomic E-state index is -0.614. The zero-order valence-corrected chi connectivity index (χ0v) is 9.34. The number of benzene rings is 1. The molecule has 0 amide bonds. The molecule has 2 aromatic rings. The Kier molecular flexibility index (Phi) is 4.34. The molecule has 16 heavy (non-hydrogen) atoms. The van der Waals surface area contributed by atoms with E-state index in [1.807, 2.05) is 0 Å². The number of halogens is 1. The third-order valence-corrected chi connectivity index (χ3v) is 2.22. The minimum Gasteiger partial charge on any atom is -0.508 e. The molecule has 0 bridgehead atoms. The summed E-state index contributed by atoms with van der Waals surface area (Å²) in [5.74, 6) is 0.232. The Labute approximate surface area is 99.6 Å². The van der Waals surface area contributed by atoms with Crippen molar-refractivity contribution in [3.63, 3.8) is 0 Å². The van der Waals surface area contributed by atoms with Crippen LogP contribution >= 0.6 is 12.4 Å². The molecule has 1 aromatic heterocycles. The second-order valence-corrected chi connectivity index (χ2v) is 3.36. The molecule has 0 fully saturated rings. The second-order valence-electron chi connectivity index (χ2n) is 3.36. The van der Waals surface area contributed by atoms with Crippen molar-refractivity contribution in [3.8, 4) is 5.75 Å². The van der Waals surface area contributed by atoms with E-state index in [0.29, 0.717) is 6.42 Å². The lowest BCUT2D eigenvalue weighted by Crippen LogP contribution is -2.08. The first-order valence-corrected chi connectivity index (χ1v) is 4.69. The predicted molar refractivity (Wildman–Crippen MR) is 62.5 cm³/mol. The highest BCUT2D eigenvalue weighted by molar-refractivity contribution is 5.85. The maximum absolute atomic E-state index is 9.79. The van der Waals surface area contributed by atoms with Crippen molar-refractivity contribution in [1.82, 2.24) is 9.55 Å². The molecule has 4 nitrogen and oxygen atoms in total. The maximum atomic E-state index is 9.79. The average Bonchev–Trinajstić information content (AvgIpc) is 2.74. The minimum absolute atomic E-state index is 0. The van der Waals surface area contributed by atoms with Gasteiger partial charge in [0.05, 0.1) is 6.33 Å². The lowest BCUT2D eigenvalue weighted by atomic mass is 10.1. The Morgan fingerprint density at radius 2 is 1.94 bits per heavy atom. The number of phenols is 1. The van der Waals surface area contributed by atoms with Crippen molar-refractivity contribution >= 4 is 12.4 Å². The first-order valence-electron chi connectivity index (χ1n) is 4.69. The number of hydrogen-bond acceptors (Lipinski definition) is 3. The van der Waals surface area contributed by atoms with Gasteiger partial charge in [-0.1, -0.05) is 12.1 Å². The highest BCUT2D eigenvalue weighted by Gasteiger charge is 2.06. The first-order chi connectivity index (χ1) is 7.25. The van der Waals surface area contributed by atoms with Crippen molar-refractivity contribution in [1.29, 1.82) is 0 Å². The molecule has 0 spiro atoms. The van der Waals surface area contributed by atoms with Gasteiger partial charge in [-0.2, -0.15) is 0 Å². The monoisotopic (exact) mass is 240 g/mol. The quantitative estimate of drug-likeness (QED) is 0.859. The lowest BCUT2D eigenvalue weighted by Gasteiger charge is -2.11. The lowest BCUT2D eigenvalue weighted by molar-refractivity contribution is 0.104. The Hall–Kier alpha value is -1.52. The molecule has 0 aliphatic heterocycles. The molecule has 0 saturated carbocycles. The molecule has 0 radical (unpaired) electrons. The van der Waals surface area contributed by atoms with Crippen molar-refractivity contribution in [2.75, 3.05) is 0 Å². The van der Waals surface area contributed by atoms with Gasteiger partial charge in [-0.05, 0) is 17.7 Å². The number of aromatic hydroxyl groups is 1. The van der Waals surface area contributed by atoms with Crippen molar-refractivity contribution in [3.05, 3.63) is 48.5 Å². The molecule has 1 atom stereocenters. The molecule has 86 valence electrons. The number of hydrogen-bond donors (Lipinski definition) is 2.